The number of nitrogens with two attached hydrogens (primary N) is 1. The molecule has 0 saturated heterocycles. The van der Waals surface area contributed by atoms with E-state index in [2.05, 4.69) is 4.98 Å². The average Bonchev–Trinajstić information content (AvgIpc) is 2.70. The second-order valence-electron chi connectivity index (χ2n) is 3.25. The van der Waals surface area contributed by atoms with Gasteiger partial charge in [-0.25, -0.2) is 13.4 Å². The summed E-state index contributed by atoms with van der Waals surface area (Å²) in [5.74, 6) is -0.0609. The molecule has 0 fully saturated rings. The lowest BCUT2D eigenvalue weighted by Gasteiger charge is -2.02. The van der Waals surface area contributed by atoms with Gasteiger partial charge in [-0.3, -0.25) is 0 Å². The SMILES string of the molecule is Nc1ccc(S(=O)(=O)Cc2nccs2)cc1. The summed E-state index contributed by atoms with van der Waals surface area (Å²) in [5, 5.41) is 2.35. The van der Waals surface area contributed by atoms with Crippen molar-refractivity contribution in [3.63, 3.8) is 0 Å². The zero-order valence-electron chi connectivity index (χ0n) is 8.33. The lowest BCUT2D eigenvalue weighted by atomic mass is 10.3. The van der Waals surface area contributed by atoms with Crippen LogP contribution in [-0.4, -0.2) is 13.4 Å². The number of rotatable bonds is 3. The topological polar surface area (TPSA) is 73.1 Å². The first-order valence-corrected chi connectivity index (χ1v) is 7.08. The maximum absolute atomic E-state index is 11.9. The van der Waals surface area contributed by atoms with Crippen LogP contribution in [0, 0.1) is 0 Å². The number of aromatic nitrogens is 1. The summed E-state index contributed by atoms with van der Waals surface area (Å²) in [6.07, 6.45) is 1.60. The van der Waals surface area contributed by atoms with E-state index >= 15 is 0 Å². The molecule has 1 aromatic carbocycles. The molecule has 4 nitrogen and oxygen atoms in total. The van der Waals surface area contributed by atoms with E-state index in [0.717, 1.165) is 0 Å². The Labute approximate surface area is 97.7 Å². The molecule has 1 heterocycles. The predicted octanol–water partition coefficient (Wildman–Crippen LogP) is 1.70. The van der Waals surface area contributed by atoms with Crippen LogP contribution >= 0.6 is 11.3 Å². The second-order valence-corrected chi connectivity index (χ2v) is 6.22. The lowest BCUT2D eigenvalue weighted by molar-refractivity contribution is 0.595. The molecule has 84 valence electrons. The highest BCUT2D eigenvalue weighted by Gasteiger charge is 2.16. The fourth-order valence-electron chi connectivity index (χ4n) is 1.25. The van der Waals surface area contributed by atoms with E-state index in [1.807, 2.05) is 0 Å². The maximum Gasteiger partial charge on any atom is 0.184 e. The standard InChI is InChI=1S/C10H10N2O2S2/c11-8-1-3-9(4-2-8)16(13,14)7-10-12-5-6-15-10/h1-6H,7,11H2. The van der Waals surface area contributed by atoms with E-state index in [1.165, 1.54) is 23.5 Å². The van der Waals surface area contributed by atoms with Crippen LogP contribution in [-0.2, 0) is 15.6 Å². The third-order valence-corrected chi connectivity index (χ3v) is 4.64. The summed E-state index contributed by atoms with van der Waals surface area (Å²) in [4.78, 5) is 4.23. The van der Waals surface area contributed by atoms with Crippen LogP contribution in [0.15, 0.2) is 40.7 Å². The molecule has 0 bridgehead atoms. The zero-order chi connectivity index (χ0) is 11.6. The quantitative estimate of drug-likeness (QED) is 0.846. The first-order valence-electron chi connectivity index (χ1n) is 4.54. The van der Waals surface area contributed by atoms with Crippen molar-refractivity contribution in [2.45, 2.75) is 10.6 Å². The Balaban J connectivity index is 2.29. The smallest absolute Gasteiger partial charge is 0.184 e. The minimum absolute atomic E-state index is 0.0609. The molecule has 2 aromatic rings. The number of nitrogens with zero attached hydrogens (tertiary/aromatic N) is 1. The largest absolute Gasteiger partial charge is 0.399 e. The summed E-state index contributed by atoms with van der Waals surface area (Å²) in [7, 11) is -3.31. The number of nitrogen functional groups attached to an aromatic ring is 1. The van der Waals surface area contributed by atoms with Crippen molar-refractivity contribution in [2.24, 2.45) is 0 Å². The number of benzene rings is 1. The molecule has 1 aromatic heterocycles. The van der Waals surface area contributed by atoms with Gasteiger partial charge in [-0.05, 0) is 24.3 Å². The van der Waals surface area contributed by atoms with Crippen LogP contribution in [0.4, 0.5) is 5.69 Å². The van der Waals surface area contributed by atoms with Crippen molar-refractivity contribution in [1.82, 2.24) is 4.98 Å². The van der Waals surface area contributed by atoms with Gasteiger partial charge in [0, 0.05) is 17.3 Å². The van der Waals surface area contributed by atoms with E-state index in [0.29, 0.717) is 10.7 Å². The highest BCUT2D eigenvalue weighted by Crippen LogP contribution is 2.18. The summed E-state index contributed by atoms with van der Waals surface area (Å²) < 4.78 is 23.9. The molecular weight excluding hydrogens is 244 g/mol. The minimum Gasteiger partial charge on any atom is -0.399 e. The maximum atomic E-state index is 11.9. The van der Waals surface area contributed by atoms with Crippen molar-refractivity contribution in [2.75, 3.05) is 5.73 Å². The molecule has 0 aliphatic carbocycles. The molecule has 0 radical (unpaired) electrons. The molecule has 0 aliphatic heterocycles. The van der Waals surface area contributed by atoms with Gasteiger partial charge in [0.2, 0.25) is 0 Å². The molecule has 2 rings (SSSR count). The number of hydrogen-bond donors (Lipinski definition) is 1. The van der Waals surface area contributed by atoms with Crippen molar-refractivity contribution in [3.8, 4) is 0 Å². The highest BCUT2D eigenvalue weighted by molar-refractivity contribution is 7.90. The van der Waals surface area contributed by atoms with Crippen LogP contribution in [0.1, 0.15) is 5.01 Å². The Bertz CT molecular complexity index is 559. The number of sulfone groups is 1. The van der Waals surface area contributed by atoms with Gasteiger partial charge in [0.05, 0.1) is 4.90 Å². The fourth-order valence-corrected chi connectivity index (χ4v) is 3.50. The third-order valence-electron chi connectivity index (χ3n) is 2.04. The number of anilines is 1. The summed E-state index contributed by atoms with van der Waals surface area (Å²) in [6.45, 7) is 0. The third kappa shape index (κ3) is 2.40. The summed E-state index contributed by atoms with van der Waals surface area (Å²) in [5.41, 5.74) is 6.05. The molecule has 6 heteroatoms. The van der Waals surface area contributed by atoms with Gasteiger partial charge in [-0.15, -0.1) is 11.3 Å². The predicted molar refractivity (Wildman–Crippen MR) is 63.9 cm³/mol. The van der Waals surface area contributed by atoms with Gasteiger partial charge in [0.15, 0.2) is 9.84 Å². The van der Waals surface area contributed by atoms with Crippen molar-refractivity contribution in [1.29, 1.82) is 0 Å². The van der Waals surface area contributed by atoms with Crippen LogP contribution in [0.3, 0.4) is 0 Å². The van der Waals surface area contributed by atoms with Gasteiger partial charge >= 0.3 is 0 Å². The molecule has 0 aliphatic rings. The monoisotopic (exact) mass is 254 g/mol. The Hall–Kier alpha value is -1.40. The van der Waals surface area contributed by atoms with E-state index in [-0.39, 0.29) is 10.6 Å². The fraction of sp³-hybridized carbons (Fsp3) is 0.100. The van der Waals surface area contributed by atoms with E-state index in [4.69, 9.17) is 5.73 Å². The molecule has 0 spiro atoms. The van der Waals surface area contributed by atoms with Gasteiger partial charge in [-0.2, -0.15) is 0 Å². The van der Waals surface area contributed by atoms with Crippen molar-refractivity contribution < 1.29 is 8.42 Å². The normalized spacial score (nSPS) is 11.5. The van der Waals surface area contributed by atoms with Gasteiger partial charge in [0.1, 0.15) is 10.8 Å². The Morgan fingerprint density at radius 1 is 1.25 bits per heavy atom. The summed E-state index contributed by atoms with van der Waals surface area (Å²) in [6, 6.07) is 6.18. The van der Waals surface area contributed by atoms with Gasteiger partial charge in [-0.1, -0.05) is 0 Å². The average molecular weight is 254 g/mol. The van der Waals surface area contributed by atoms with E-state index in [1.54, 1.807) is 23.7 Å². The Morgan fingerprint density at radius 2 is 1.94 bits per heavy atom. The summed E-state index contributed by atoms with van der Waals surface area (Å²) >= 11 is 1.33. The minimum atomic E-state index is -3.31. The first-order chi connectivity index (χ1) is 7.58. The molecular formula is C10H10N2O2S2. The van der Waals surface area contributed by atoms with Gasteiger partial charge in [0.25, 0.3) is 0 Å². The molecule has 16 heavy (non-hydrogen) atoms. The zero-order valence-corrected chi connectivity index (χ0v) is 9.96. The Kier molecular flexibility index (Phi) is 2.93. The number of thiazole rings is 1. The van der Waals surface area contributed by atoms with Crippen LogP contribution in [0.25, 0.3) is 0 Å². The Morgan fingerprint density at radius 3 is 2.50 bits per heavy atom. The number of hydrogen-bond acceptors (Lipinski definition) is 5. The molecule has 2 N–H and O–H groups in total. The molecule has 0 saturated carbocycles. The highest BCUT2D eigenvalue weighted by atomic mass is 32.2. The second kappa shape index (κ2) is 4.23. The van der Waals surface area contributed by atoms with E-state index in [9.17, 15) is 8.42 Å². The lowest BCUT2D eigenvalue weighted by Crippen LogP contribution is -2.04. The molecule has 0 atom stereocenters. The van der Waals surface area contributed by atoms with Crippen LogP contribution < -0.4 is 5.73 Å². The first kappa shape index (κ1) is 11.1. The van der Waals surface area contributed by atoms with Crippen LogP contribution in [0.5, 0.6) is 0 Å². The van der Waals surface area contributed by atoms with E-state index < -0.39 is 9.84 Å². The molecule has 0 amide bonds. The molecule has 0 unspecified atom stereocenters. The van der Waals surface area contributed by atoms with Crippen molar-refractivity contribution in [3.05, 3.63) is 40.8 Å². The van der Waals surface area contributed by atoms with Crippen LogP contribution in [0.2, 0.25) is 0 Å². The van der Waals surface area contributed by atoms with Crippen molar-refractivity contribution >= 4 is 26.9 Å². The van der Waals surface area contributed by atoms with Gasteiger partial charge < -0.3 is 5.73 Å².